The van der Waals surface area contributed by atoms with Crippen molar-refractivity contribution in [3.05, 3.63) is 64.1 Å². The van der Waals surface area contributed by atoms with E-state index in [1.54, 1.807) is 18.2 Å². The summed E-state index contributed by atoms with van der Waals surface area (Å²) in [7, 11) is 0. The first-order chi connectivity index (χ1) is 12.1. The lowest BCUT2D eigenvalue weighted by Gasteiger charge is -2.36. The largest absolute Gasteiger partial charge is 0.368 e. The van der Waals surface area contributed by atoms with E-state index in [0.29, 0.717) is 29.7 Å². The average molecular weight is 336 g/mol. The second-order valence-electron chi connectivity index (χ2n) is 6.46. The predicted octanol–water partition coefficient (Wildman–Crippen LogP) is 2.13. The second kappa shape index (κ2) is 6.12. The molecule has 128 valence electrons. The molecule has 0 spiro atoms. The molecule has 0 atom stereocenters. The number of carbonyl (C=O) groups is 1. The summed E-state index contributed by atoms with van der Waals surface area (Å²) < 4.78 is 0. The monoisotopic (exact) mass is 336 g/mol. The van der Waals surface area contributed by atoms with Gasteiger partial charge in [-0.15, -0.1) is 0 Å². The van der Waals surface area contributed by atoms with E-state index in [4.69, 9.17) is 0 Å². The molecule has 0 bridgehead atoms. The molecule has 1 aliphatic heterocycles. The number of carbonyl (C=O) groups excluding carboxylic acids is 1. The van der Waals surface area contributed by atoms with E-state index < -0.39 is 0 Å². The van der Waals surface area contributed by atoms with Crippen LogP contribution in [-0.2, 0) is 0 Å². The van der Waals surface area contributed by atoms with Crippen LogP contribution in [0.15, 0.2) is 47.3 Å². The molecule has 0 radical (unpaired) electrons. The van der Waals surface area contributed by atoms with Crippen molar-refractivity contribution < 1.29 is 4.79 Å². The Hall–Kier alpha value is -3.02. The second-order valence-corrected chi connectivity index (χ2v) is 6.46. The topological polar surface area (TPSA) is 72.2 Å². The first kappa shape index (κ1) is 15.5. The minimum atomic E-state index is -0.258. The first-order valence-electron chi connectivity index (χ1n) is 8.43. The highest BCUT2D eigenvalue weighted by molar-refractivity contribution is 5.97. The van der Waals surface area contributed by atoms with E-state index in [0.717, 1.165) is 13.1 Å². The van der Waals surface area contributed by atoms with Gasteiger partial charge in [-0.25, -0.2) is 4.79 Å². The van der Waals surface area contributed by atoms with Crippen LogP contribution in [0.1, 0.15) is 15.9 Å². The van der Waals surface area contributed by atoms with Gasteiger partial charge in [0.05, 0.1) is 11.0 Å². The predicted molar refractivity (Wildman–Crippen MR) is 98.2 cm³/mol. The van der Waals surface area contributed by atoms with Crippen LogP contribution in [0.25, 0.3) is 11.0 Å². The van der Waals surface area contributed by atoms with Gasteiger partial charge in [-0.05, 0) is 42.8 Å². The third-order valence-electron chi connectivity index (χ3n) is 4.70. The Morgan fingerprint density at radius 2 is 1.72 bits per heavy atom. The zero-order chi connectivity index (χ0) is 17.4. The fourth-order valence-electron chi connectivity index (χ4n) is 3.34. The van der Waals surface area contributed by atoms with Gasteiger partial charge in [-0.3, -0.25) is 4.79 Å². The molecule has 0 aliphatic carbocycles. The van der Waals surface area contributed by atoms with E-state index in [9.17, 15) is 9.59 Å². The Morgan fingerprint density at radius 3 is 2.48 bits per heavy atom. The van der Waals surface area contributed by atoms with Crippen LogP contribution < -0.4 is 10.6 Å². The molecule has 1 amide bonds. The van der Waals surface area contributed by atoms with Crippen molar-refractivity contribution in [2.24, 2.45) is 0 Å². The third kappa shape index (κ3) is 3.03. The smallest absolute Gasteiger partial charge is 0.323 e. The van der Waals surface area contributed by atoms with E-state index in [1.807, 2.05) is 4.90 Å². The number of rotatable bonds is 2. The van der Waals surface area contributed by atoms with E-state index >= 15 is 0 Å². The Kier molecular flexibility index (Phi) is 3.80. The number of aromatic amines is 2. The Balaban J connectivity index is 1.47. The van der Waals surface area contributed by atoms with Crippen LogP contribution in [0.3, 0.4) is 0 Å². The maximum absolute atomic E-state index is 12.8. The fourth-order valence-corrected chi connectivity index (χ4v) is 3.34. The highest BCUT2D eigenvalue weighted by atomic mass is 16.2. The van der Waals surface area contributed by atoms with Crippen LogP contribution in [-0.4, -0.2) is 47.0 Å². The molecule has 2 heterocycles. The van der Waals surface area contributed by atoms with Gasteiger partial charge in [-0.1, -0.05) is 12.1 Å². The Morgan fingerprint density at radius 1 is 0.960 bits per heavy atom. The number of H-pyrrole nitrogens is 2. The Bertz CT molecular complexity index is 980. The number of aryl methyl sites for hydroxylation is 1. The lowest BCUT2D eigenvalue weighted by atomic mass is 10.1. The van der Waals surface area contributed by atoms with Crippen molar-refractivity contribution in [1.29, 1.82) is 0 Å². The van der Waals surface area contributed by atoms with Crippen molar-refractivity contribution >= 4 is 22.6 Å². The van der Waals surface area contributed by atoms with Crippen molar-refractivity contribution in [3.63, 3.8) is 0 Å². The van der Waals surface area contributed by atoms with E-state index in [-0.39, 0.29) is 11.6 Å². The minimum Gasteiger partial charge on any atom is -0.368 e. The molecule has 2 N–H and O–H groups in total. The van der Waals surface area contributed by atoms with Crippen molar-refractivity contribution in [2.45, 2.75) is 6.92 Å². The number of nitrogens with zero attached hydrogens (tertiary/aromatic N) is 2. The number of anilines is 1. The van der Waals surface area contributed by atoms with Crippen molar-refractivity contribution in [2.75, 3.05) is 31.1 Å². The number of fused-ring (bicyclic) bond motifs is 1. The maximum Gasteiger partial charge on any atom is 0.323 e. The summed E-state index contributed by atoms with van der Waals surface area (Å²) in [6, 6.07) is 13.7. The van der Waals surface area contributed by atoms with Gasteiger partial charge in [0.1, 0.15) is 0 Å². The highest BCUT2D eigenvalue weighted by Gasteiger charge is 2.22. The molecule has 2 aromatic carbocycles. The molecule has 25 heavy (non-hydrogen) atoms. The van der Waals surface area contributed by atoms with E-state index in [2.05, 4.69) is 46.1 Å². The minimum absolute atomic E-state index is 0.00726. The molecule has 6 nitrogen and oxygen atoms in total. The molecule has 1 aliphatic rings. The van der Waals surface area contributed by atoms with Gasteiger partial charge >= 0.3 is 5.69 Å². The van der Waals surface area contributed by atoms with Gasteiger partial charge in [0.2, 0.25) is 0 Å². The third-order valence-corrected chi connectivity index (χ3v) is 4.70. The molecule has 0 saturated carbocycles. The fraction of sp³-hybridized carbons (Fsp3) is 0.263. The number of imidazole rings is 1. The standard InChI is InChI=1S/C19H20N4O2/c1-13-3-2-4-15(11-13)22-7-9-23(10-8-22)18(24)14-5-6-16-17(12-14)21-19(25)20-16/h2-6,11-12H,7-10H2,1H3,(H2,20,21,25). The summed E-state index contributed by atoms with van der Waals surface area (Å²) >= 11 is 0. The number of amides is 1. The molecule has 1 aromatic heterocycles. The molecule has 0 unspecified atom stereocenters. The normalized spacial score (nSPS) is 14.9. The zero-order valence-electron chi connectivity index (χ0n) is 14.1. The summed E-state index contributed by atoms with van der Waals surface area (Å²) in [4.78, 5) is 33.7. The van der Waals surface area contributed by atoms with Crippen LogP contribution >= 0.6 is 0 Å². The quantitative estimate of drug-likeness (QED) is 0.753. The summed E-state index contributed by atoms with van der Waals surface area (Å²) in [5, 5.41) is 0. The number of piperazine rings is 1. The summed E-state index contributed by atoms with van der Waals surface area (Å²) in [5.41, 5.74) is 4.17. The molecule has 3 aromatic rings. The van der Waals surface area contributed by atoms with Crippen molar-refractivity contribution in [1.82, 2.24) is 14.9 Å². The highest BCUT2D eigenvalue weighted by Crippen LogP contribution is 2.19. The molecule has 4 rings (SSSR count). The summed E-state index contributed by atoms with van der Waals surface area (Å²) in [6.07, 6.45) is 0. The van der Waals surface area contributed by atoms with Gasteiger partial charge in [-0.2, -0.15) is 0 Å². The zero-order valence-corrected chi connectivity index (χ0v) is 14.1. The van der Waals surface area contributed by atoms with Gasteiger partial charge in [0, 0.05) is 37.4 Å². The maximum atomic E-state index is 12.8. The Labute approximate surface area is 145 Å². The van der Waals surface area contributed by atoms with E-state index in [1.165, 1.54) is 11.3 Å². The number of hydrogen-bond acceptors (Lipinski definition) is 3. The molecule has 6 heteroatoms. The summed E-state index contributed by atoms with van der Waals surface area (Å²) in [6.45, 7) is 5.10. The molecular weight excluding hydrogens is 316 g/mol. The number of benzene rings is 2. The first-order valence-corrected chi connectivity index (χ1v) is 8.43. The molecule has 1 saturated heterocycles. The van der Waals surface area contributed by atoms with Crippen molar-refractivity contribution in [3.8, 4) is 0 Å². The SMILES string of the molecule is Cc1cccc(N2CCN(C(=O)c3ccc4[nH]c(=O)[nH]c4c3)CC2)c1. The number of nitrogens with one attached hydrogen (secondary N) is 2. The average Bonchev–Trinajstić information content (AvgIpc) is 3.00. The van der Waals surface area contributed by atoms with Crippen LogP contribution in [0.5, 0.6) is 0 Å². The number of aromatic nitrogens is 2. The van der Waals surface area contributed by atoms with Crippen LogP contribution in [0, 0.1) is 6.92 Å². The lowest BCUT2D eigenvalue weighted by Crippen LogP contribution is -2.48. The van der Waals surface area contributed by atoms with Gasteiger partial charge in [0.25, 0.3) is 5.91 Å². The number of hydrogen-bond donors (Lipinski definition) is 2. The lowest BCUT2D eigenvalue weighted by molar-refractivity contribution is 0.0747. The summed E-state index contributed by atoms with van der Waals surface area (Å²) in [5.74, 6) is 0.00726. The van der Waals surface area contributed by atoms with Gasteiger partial charge < -0.3 is 19.8 Å². The molecular formula is C19H20N4O2. The van der Waals surface area contributed by atoms with Crippen LogP contribution in [0.2, 0.25) is 0 Å². The van der Waals surface area contributed by atoms with Crippen LogP contribution in [0.4, 0.5) is 5.69 Å². The van der Waals surface area contributed by atoms with Gasteiger partial charge in [0.15, 0.2) is 0 Å². The molecule has 1 fully saturated rings.